The number of hydrogen-bond acceptors (Lipinski definition) is 3. The predicted octanol–water partition coefficient (Wildman–Crippen LogP) is 2.72. The first-order valence-corrected chi connectivity index (χ1v) is 6.80. The molecule has 2 aromatic carbocycles. The van der Waals surface area contributed by atoms with Crippen LogP contribution in [0.25, 0.3) is 0 Å². The summed E-state index contributed by atoms with van der Waals surface area (Å²) < 4.78 is 10.8. The van der Waals surface area contributed by atoms with Gasteiger partial charge in [0.05, 0.1) is 14.2 Å². The highest BCUT2D eigenvalue weighted by atomic mass is 16.5. The van der Waals surface area contributed by atoms with Gasteiger partial charge in [-0.15, -0.1) is 0 Å². The molecule has 0 saturated heterocycles. The zero-order valence-corrected chi connectivity index (χ0v) is 11.8. The van der Waals surface area contributed by atoms with Crippen molar-refractivity contribution >= 4 is 0 Å². The average Bonchev–Trinajstić information content (AvgIpc) is 2.81. The lowest BCUT2D eigenvalue weighted by Crippen LogP contribution is -2.25. The first kappa shape index (κ1) is 13.0. The van der Waals surface area contributed by atoms with Crippen molar-refractivity contribution in [3.8, 4) is 11.5 Å². The maximum Gasteiger partial charge on any atom is 0.161 e. The summed E-state index contributed by atoms with van der Waals surface area (Å²) in [6.07, 6.45) is 0.870. The standard InChI is InChI=1S/C17H19NO2/c1-19-15-9-12-8-14(18)17(11-6-4-3-5-7-11)13(12)10-16(15)20-2/h3-7,9-10,14,17H,8,18H2,1-2H3/t14-,17-/m0/s1. The molecule has 0 bridgehead atoms. The number of methoxy groups -OCH3 is 2. The third-order valence-electron chi connectivity index (χ3n) is 4.02. The van der Waals surface area contributed by atoms with Crippen LogP contribution in [0.4, 0.5) is 0 Å². The molecule has 2 N–H and O–H groups in total. The van der Waals surface area contributed by atoms with E-state index >= 15 is 0 Å². The molecule has 0 radical (unpaired) electrons. The summed E-state index contributed by atoms with van der Waals surface area (Å²) in [6.45, 7) is 0. The Morgan fingerprint density at radius 2 is 1.65 bits per heavy atom. The third kappa shape index (κ3) is 2.04. The van der Waals surface area contributed by atoms with E-state index in [2.05, 4.69) is 36.4 Å². The van der Waals surface area contributed by atoms with E-state index < -0.39 is 0 Å². The van der Waals surface area contributed by atoms with Crippen molar-refractivity contribution < 1.29 is 9.47 Å². The Bertz CT molecular complexity index is 610. The van der Waals surface area contributed by atoms with E-state index in [1.807, 2.05) is 6.07 Å². The minimum Gasteiger partial charge on any atom is -0.493 e. The molecular formula is C17H19NO2. The Hall–Kier alpha value is -2.00. The van der Waals surface area contributed by atoms with Gasteiger partial charge >= 0.3 is 0 Å². The Balaban J connectivity index is 2.10. The molecule has 3 heteroatoms. The fourth-order valence-electron chi connectivity index (χ4n) is 3.09. The van der Waals surface area contributed by atoms with Crippen LogP contribution in [-0.4, -0.2) is 20.3 Å². The van der Waals surface area contributed by atoms with Crippen LogP contribution >= 0.6 is 0 Å². The number of ether oxygens (including phenoxy) is 2. The van der Waals surface area contributed by atoms with Crippen LogP contribution in [-0.2, 0) is 6.42 Å². The molecule has 2 atom stereocenters. The van der Waals surface area contributed by atoms with E-state index in [1.165, 1.54) is 16.7 Å². The Kier molecular flexibility index (Phi) is 3.36. The first-order valence-electron chi connectivity index (χ1n) is 6.80. The number of nitrogens with two attached hydrogens (primary N) is 1. The SMILES string of the molecule is COc1cc2c(cc1OC)[C@H](c1ccccc1)[C@@H](N)C2. The van der Waals surface area contributed by atoms with Crippen molar-refractivity contribution in [2.45, 2.75) is 18.4 Å². The zero-order chi connectivity index (χ0) is 14.1. The lowest BCUT2D eigenvalue weighted by atomic mass is 9.90. The maximum absolute atomic E-state index is 6.36. The monoisotopic (exact) mass is 269 g/mol. The van der Waals surface area contributed by atoms with Gasteiger partial charge in [-0.1, -0.05) is 30.3 Å². The molecule has 2 aromatic rings. The quantitative estimate of drug-likeness (QED) is 0.931. The van der Waals surface area contributed by atoms with E-state index in [0.717, 1.165) is 17.9 Å². The molecule has 0 saturated carbocycles. The minimum absolute atomic E-state index is 0.101. The third-order valence-corrected chi connectivity index (χ3v) is 4.02. The molecule has 1 aliphatic carbocycles. The van der Waals surface area contributed by atoms with Crippen LogP contribution in [0.1, 0.15) is 22.6 Å². The average molecular weight is 269 g/mol. The summed E-state index contributed by atoms with van der Waals surface area (Å²) in [5, 5.41) is 0. The molecule has 0 amide bonds. The molecule has 0 unspecified atom stereocenters. The lowest BCUT2D eigenvalue weighted by Gasteiger charge is -2.18. The molecule has 0 heterocycles. The first-order chi connectivity index (χ1) is 9.74. The number of benzene rings is 2. The van der Waals surface area contributed by atoms with Crippen molar-refractivity contribution in [2.24, 2.45) is 5.73 Å². The van der Waals surface area contributed by atoms with Gasteiger partial charge in [0, 0.05) is 12.0 Å². The van der Waals surface area contributed by atoms with E-state index in [1.54, 1.807) is 14.2 Å². The highest BCUT2D eigenvalue weighted by Crippen LogP contribution is 2.42. The molecule has 0 spiro atoms. The van der Waals surface area contributed by atoms with Crippen LogP contribution in [0.2, 0.25) is 0 Å². The fourth-order valence-corrected chi connectivity index (χ4v) is 3.09. The highest BCUT2D eigenvalue weighted by Gasteiger charge is 2.32. The van der Waals surface area contributed by atoms with Crippen molar-refractivity contribution in [2.75, 3.05) is 14.2 Å². The van der Waals surface area contributed by atoms with Gasteiger partial charge in [-0.05, 0) is 35.2 Å². The van der Waals surface area contributed by atoms with Gasteiger partial charge in [0.2, 0.25) is 0 Å². The van der Waals surface area contributed by atoms with E-state index in [9.17, 15) is 0 Å². The van der Waals surface area contributed by atoms with Crippen LogP contribution in [0.3, 0.4) is 0 Å². The van der Waals surface area contributed by atoms with Gasteiger partial charge in [0.1, 0.15) is 0 Å². The molecule has 0 fully saturated rings. The normalized spacial score (nSPS) is 20.6. The Morgan fingerprint density at radius 3 is 2.30 bits per heavy atom. The summed E-state index contributed by atoms with van der Waals surface area (Å²) in [4.78, 5) is 0. The second-order valence-corrected chi connectivity index (χ2v) is 5.16. The van der Waals surface area contributed by atoms with Crippen LogP contribution in [0.5, 0.6) is 11.5 Å². The number of rotatable bonds is 3. The second-order valence-electron chi connectivity index (χ2n) is 5.16. The van der Waals surface area contributed by atoms with Gasteiger partial charge in [0.25, 0.3) is 0 Å². The number of hydrogen-bond donors (Lipinski definition) is 1. The lowest BCUT2D eigenvalue weighted by molar-refractivity contribution is 0.354. The molecular weight excluding hydrogens is 250 g/mol. The second kappa shape index (κ2) is 5.17. The smallest absolute Gasteiger partial charge is 0.161 e. The number of fused-ring (bicyclic) bond motifs is 1. The van der Waals surface area contributed by atoms with E-state index in [4.69, 9.17) is 15.2 Å². The van der Waals surface area contributed by atoms with Crippen molar-refractivity contribution in [1.82, 2.24) is 0 Å². The van der Waals surface area contributed by atoms with Crippen molar-refractivity contribution in [1.29, 1.82) is 0 Å². The van der Waals surface area contributed by atoms with E-state index in [0.29, 0.717) is 0 Å². The molecule has 0 aliphatic heterocycles. The van der Waals surface area contributed by atoms with Gasteiger partial charge in [0.15, 0.2) is 11.5 Å². The van der Waals surface area contributed by atoms with Crippen molar-refractivity contribution in [3.05, 3.63) is 59.2 Å². The largest absolute Gasteiger partial charge is 0.493 e. The summed E-state index contributed by atoms with van der Waals surface area (Å²) in [7, 11) is 3.32. The summed E-state index contributed by atoms with van der Waals surface area (Å²) >= 11 is 0. The predicted molar refractivity (Wildman–Crippen MR) is 79.5 cm³/mol. The highest BCUT2D eigenvalue weighted by molar-refractivity contribution is 5.54. The summed E-state index contributed by atoms with van der Waals surface area (Å²) in [5.74, 6) is 1.76. The van der Waals surface area contributed by atoms with Crippen LogP contribution in [0.15, 0.2) is 42.5 Å². The molecule has 0 aromatic heterocycles. The van der Waals surface area contributed by atoms with E-state index in [-0.39, 0.29) is 12.0 Å². The molecule has 1 aliphatic rings. The Labute approximate surface area is 119 Å². The minimum atomic E-state index is 0.101. The topological polar surface area (TPSA) is 44.5 Å². The maximum atomic E-state index is 6.36. The molecule has 3 nitrogen and oxygen atoms in total. The fraction of sp³-hybridized carbons (Fsp3) is 0.294. The van der Waals surface area contributed by atoms with Gasteiger partial charge in [-0.2, -0.15) is 0 Å². The van der Waals surface area contributed by atoms with Gasteiger partial charge in [-0.25, -0.2) is 0 Å². The zero-order valence-electron chi connectivity index (χ0n) is 11.8. The molecule has 104 valence electrons. The van der Waals surface area contributed by atoms with Crippen LogP contribution < -0.4 is 15.2 Å². The van der Waals surface area contributed by atoms with Gasteiger partial charge in [-0.3, -0.25) is 0 Å². The summed E-state index contributed by atoms with van der Waals surface area (Å²) in [6, 6.07) is 14.6. The van der Waals surface area contributed by atoms with Crippen molar-refractivity contribution in [3.63, 3.8) is 0 Å². The van der Waals surface area contributed by atoms with Gasteiger partial charge < -0.3 is 15.2 Å². The summed E-state index contributed by atoms with van der Waals surface area (Å²) in [5.41, 5.74) is 10.1. The molecule has 20 heavy (non-hydrogen) atoms. The van der Waals surface area contributed by atoms with Crippen LogP contribution in [0, 0.1) is 0 Å². The Morgan fingerprint density at radius 1 is 1.00 bits per heavy atom. The molecule has 3 rings (SSSR count).